The Balaban J connectivity index is 2.02. The molecule has 1 aliphatic carbocycles. The van der Waals surface area contributed by atoms with Crippen molar-refractivity contribution < 1.29 is 0 Å². The first-order valence-electron chi connectivity index (χ1n) is 8.08. The van der Waals surface area contributed by atoms with Crippen LogP contribution in [0.15, 0.2) is 29.1 Å². The minimum absolute atomic E-state index is 0.0242. The van der Waals surface area contributed by atoms with Crippen molar-refractivity contribution in [3.63, 3.8) is 0 Å². The first-order valence-corrected chi connectivity index (χ1v) is 8.46. The van der Waals surface area contributed by atoms with Gasteiger partial charge in [0.1, 0.15) is 5.82 Å². The Morgan fingerprint density at radius 3 is 2.82 bits per heavy atom. The molecule has 0 fully saturated rings. The lowest BCUT2D eigenvalue weighted by molar-refractivity contribution is 0.486. The summed E-state index contributed by atoms with van der Waals surface area (Å²) < 4.78 is 0. The third-order valence-electron chi connectivity index (χ3n) is 4.44. The Morgan fingerprint density at radius 1 is 1.32 bits per heavy atom. The second-order valence-electron chi connectivity index (χ2n) is 6.02. The van der Waals surface area contributed by atoms with Crippen molar-refractivity contribution in [2.45, 2.75) is 51.4 Å². The predicted molar refractivity (Wildman–Crippen MR) is 90.5 cm³/mol. The van der Waals surface area contributed by atoms with E-state index in [0.717, 1.165) is 42.5 Å². The molecule has 1 N–H and O–H groups in total. The molecule has 2 aromatic rings. The van der Waals surface area contributed by atoms with Crippen molar-refractivity contribution in [2.24, 2.45) is 0 Å². The van der Waals surface area contributed by atoms with E-state index in [1.54, 1.807) is 0 Å². The van der Waals surface area contributed by atoms with Gasteiger partial charge in [-0.05, 0) is 49.9 Å². The van der Waals surface area contributed by atoms with Gasteiger partial charge in [-0.1, -0.05) is 31.4 Å². The highest BCUT2D eigenvalue weighted by molar-refractivity contribution is 6.30. The van der Waals surface area contributed by atoms with Gasteiger partial charge in [-0.15, -0.1) is 0 Å². The summed E-state index contributed by atoms with van der Waals surface area (Å²) in [7, 11) is 0. The number of aromatic amines is 1. The molecule has 22 heavy (non-hydrogen) atoms. The highest BCUT2D eigenvalue weighted by Gasteiger charge is 2.24. The van der Waals surface area contributed by atoms with Gasteiger partial charge in [-0.25, -0.2) is 4.98 Å². The summed E-state index contributed by atoms with van der Waals surface area (Å²) in [6, 6.07) is 7.45. The summed E-state index contributed by atoms with van der Waals surface area (Å²) in [5.41, 5.74) is 2.85. The van der Waals surface area contributed by atoms with Gasteiger partial charge in [0.05, 0.1) is 5.69 Å². The molecule has 1 atom stereocenters. The van der Waals surface area contributed by atoms with Crippen molar-refractivity contribution >= 4 is 11.6 Å². The maximum absolute atomic E-state index is 12.4. The second kappa shape index (κ2) is 6.66. The van der Waals surface area contributed by atoms with E-state index in [0.29, 0.717) is 16.8 Å². The van der Waals surface area contributed by atoms with Crippen LogP contribution < -0.4 is 5.56 Å². The summed E-state index contributed by atoms with van der Waals surface area (Å²) in [6.07, 6.45) is 6.57. The standard InChI is InChI=1S/C18H21ClN2O/c1-2-3-5-12-6-4-7-15-16(12)20-17(21-18(15)22)13-8-10-14(19)11-9-13/h8-12H,2-7H2,1H3,(H,20,21,22). The van der Waals surface area contributed by atoms with Gasteiger partial charge < -0.3 is 4.98 Å². The van der Waals surface area contributed by atoms with Gasteiger partial charge in [0.15, 0.2) is 0 Å². The minimum atomic E-state index is 0.0242. The molecular formula is C18H21ClN2O. The molecule has 1 heterocycles. The number of halogens is 1. The van der Waals surface area contributed by atoms with Gasteiger partial charge in [0.2, 0.25) is 0 Å². The van der Waals surface area contributed by atoms with Crippen molar-refractivity contribution in [2.75, 3.05) is 0 Å². The first-order chi connectivity index (χ1) is 10.7. The zero-order valence-electron chi connectivity index (χ0n) is 12.9. The highest BCUT2D eigenvalue weighted by atomic mass is 35.5. The summed E-state index contributed by atoms with van der Waals surface area (Å²) in [5.74, 6) is 1.08. The van der Waals surface area contributed by atoms with Crippen molar-refractivity contribution in [3.8, 4) is 11.4 Å². The van der Waals surface area contributed by atoms with E-state index in [-0.39, 0.29) is 5.56 Å². The summed E-state index contributed by atoms with van der Waals surface area (Å²) in [4.78, 5) is 20.2. The van der Waals surface area contributed by atoms with Gasteiger partial charge in [-0.3, -0.25) is 4.79 Å². The second-order valence-corrected chi connectivity index (χ2v) is 6.45. The van der Waals surface area contributed by atoms with Crippen LogP contribution in [0.25, 0.3) is 11.4 Å². The molecule has 1 aliphatic rings. The Hall–Kier alpha value is -1.61. The lowest BCUT2D eigenvalue weighted by atomic mass is 9.84. The van der Waals surface area contributed by atoms with Crippen LogP contribution in [0.5, 0.6) is 0 Å². The molecule has 116 valence electrons. The van der Waals surface area contributed by atoms with Crippen LogP contribution in [-0.2, 0) is 6.42 Å². The fourth-order valence-electron chi connectivity index (χ4n) is 3.23. The number of fused-ring (bicyclic) bond motifs is 1. The van der Waals surface area contributed by atoms with E-state index in [9.17, 15) is 4.79 Å². The van der Waals surface area contributed by atoms with Gasteiger partial charge in [0.25, 0.3) is 5.56 Å². The Labute approximate surface area is 135 Å². The van der Waals surface area contributed by atoms with E-state index in [1.807, 2.05) is 24.3 Å². The van der Waals surface area contributed by atoms with Crippen molar-refractivity contribution in [3.05, 3.63) is 50.9 Å². The van der Waals surface area contributed by atoms with E-state index < -0.39 is 0 Å². The van der Waals surface area contributed by atoms with Crippen molar-refractivity contribution in [1.29, 1.82) is 0 Å². The van der Waals surface area contributed by atoms with E-state index in [1.165, 1.54) is 12.8 Å². The third-order valence-corrected chi connectivity index (χ3v) is 4.69. The number of benzene rings is 1. The van der Waals surface area contributed by atoms with Gasteiger partial charge in [0, 0.05) is 22.1 Å². The molecule has 0 radical (unpaired) electrons. The first kappa shape index (κ1) is 15.3. The molecule has 0 saturated heterocycles. The molecule has 0 aliphatic heterocycles. The molecule has 1 unspecified atom stereocenters. The Bertz CT molecular complexity index is 706. The minimum Gasteiger partial charge on any atom is -0.306 e. The predicted octanol–water partition coefficient (Wildman–Crippen LogP) is 4.70. The van der Waals surface area contributed by atoms with Crippen LogP contribution in [-0.4, -0.2) is 9.97 Å². The third kappa shape index (κ3) is 3.09. The van der Waals surface area contributed by atoms with Crippen LogP contribution in [0.3, 0.4) is 0 Å². The molecule has 3 rings (SSSR count). The molecule has 0 amide bonds. The number of rotatable bonds is 4. The molecule has 1 aromatic carbocycles. The SMILES string of the molecule is CCCCC1CCCc2c1nc(-c1ccc(Cl)cc1)[nH]c2=O. The topological polar surface area (TPSA) is 45.8 Å². The fourth-order valence-corrected chi connectivity index (χ4v) is 3.36. The number of H-pyrrole nitrogens is 1. The number of nitrogens with zero attached hydrogens (tertiary/aromatic N) is 1. The summed E-state index contributed by atoms with van der Waals surface area (Å²) >= 11 is 5.93. The monoisotopic (exact) mass is 316 g/mol. The molecule has 1 aromatic heterocycles. The van der Waals surface area contributed by atoms with E-state index in [4.69, 9.17) is 16.6 Å². The van der Waals surface area contributed by atoms with Crippen molar-refractivity contribution in [1.82, 2.24) is 9.97 Å². The smallest absolute Gasteiger partial charge is 0.254 e. The lowest BCUT2D eigenvalue weighted by Gasteiger charge is -2.24. The molecule has 3 nitrogen and oxygen atoms in total. The number of hydrogen-bond acceptors (Lipinski definition) is 2. The Kier molecular flexibility index (Phi) is 4.63. The number of hydrogen-bond donors (Lipinski definition) is 1. The number of unbranched alkanes of at least 4 members (excludes halogenated alkanes) is 1. The zero-order valence-corrected chi connectivity index (χ0v) is 13.6. The van der Waals surface area contributed by atoms with Crippen LogP contribution in [0.2, 0.25) is 5.02 Å². The van der Waals surface area contributed by atoms with Gasteiger partial charge >= 0.3 is 0 Å². The summed E-state index contributed by atoms with van der Waals surface area (Å²) in [6.45, 7) is 2.20. The maximum Gasteiger partial charge on any atom is 0.254 e. The van der Waals surface area contributed by atoms with Gasteiger partial charge in [-0.2, -0.15) is 0 Å². The normalized spacial score (nSPS) is 17.3. The highest BCUT2D eigenvalue weighted by Crippen LogP contribution is 2.33. The zero-order chi connectivity index (χ0) is 15.5. The fraction of sp³-hybridized carbons (Fsp3) is 0.444. The quantitative estimate of drug-likeness (QED) is 0.888. The molecule has 4 heteroatoms. The maximum atomic E-state index is 12.4. The molecule has 0 saturated carbocycles. The van der Waals surface area contributed by atoms with E-state index in [2.05, 4.69) is 11.9 Å². The van der Waals surface area contributed by atoms with Crippen LogP contribution in [0.1, 0.15) is 56.2 Å². The average molecular weight is 317 g/mol. The van der Waals surface area contributed by atoms with E-state index >= 15 is 0 Å². The molecule has 0 spiro atoms. The van der Waals surface area contributed by atoms with Crippen LogP contribution in [0, 0.1) is 0 Å². The number of nitrogens with one attached hydrogen (secondary N) is 1. The molecular weight excluding hydrogens is 296 g/mol. The molecule has 0 bridgehead atoms. The van der Waals surface area contributed by atoms with Crippen LogP contribution >= 0.6 is 11.6 Å². The number of aromatic nitrogens is 2. The average Bonchev–Trinajstić information content (AvgIpc) is 2.53. The Morgan fingerprint density at radius 2 is 2.09 bits per heavy atom. The van der Waals surface area contributed by atoms with Crippen LogP contribution in [0.4, 0.5) is 0 Å². The lowest BCUT2D eigenvalue weighted by Crippen LogP contribution is -2.24. The summed E-state index contributed by atoms with van der Waals surface area (Å²) in [5, 5.41) is 0.685. The largest absolute Gasteiger partial charge is 0.306 e.